The molecule has 2 aromatic heterocycles. The molecule has 2 heterocycles. The van der Waals surface area contributed by atoms with Gasteiger partial charge in [-0.3, -0.25) is 14.9 Å². The van der Waals surface area contributed by atoms with E-state index >= 15 is 0 Å². The molecule has 0 radical (unpaired) electrons. The average Bonchev–Trinajstić information content (AvgIpc) is 3.06. The standard InChI is InChI=1S/C18H15Cl2N5O5/c1-9-4-16(24(23-9)17-12(20)5-10(19)8-21-17)22-18(26)11-6-14(29-2)15(30-3)7-13(11)25(27)28/h4-8H,1-3H3,(H,22,26). The highest BCUT2D eigenvalue weighted by Gasteiger charge is 2.26. The van der Waals surface area contributed by atoms with Crippen LogP contribution in [0.1, 0.15) is 16.1 Å². The molecule has 0 atom stereocenters. The van der Waals surface area contributed by atoms with Crippen LogP contribution in [-0.2, 0) is 0 Å². The fraction of sp³-hybridized carbons (Fsp3) is 0.167. The molecule has 156 valence electrons. The van der Waals surface area contributed by atoms with Gasteiger partial charge in [-0.2, -0.15) is 9.78 Å². The molecule has 0 bridgehead atoms. The highest BCUT2D eigenvalue weighted by molar-refractivity contribution is 6.35. The molecule has 12 heteroatoms. The first-order valence-electron chi connectivity index (χ1n) is 8.35. The number of hydrogen-bond donors (Lipinski definition) is 1. The Labute approximate surface area is 180 Å². The Morgan fingerprint density at radius 1 is 1.17 bits per heavy atom. The van der Waals surface area contributed by atoms with Crippen LogP contribution in [0.25, 0.3) is 5.82 Å². The van der Waals surface area contributed by atoms with Crippen molar-refractivity contribution >= 4 is 40.6 Å². The number of halogens is 2. The van der Waals surface area contributed by atoms with Crippen LogP contribution >= 0.6 is 23.2 Å². The maximum absolute atomic E-state index is 12.9. The van der Waals surface area contributed by atoms with Gasteiger partial charge in [0.15, 0.2) is 17.3 Å². The van der Waals surface area contributed by atoms with Crippen LogP contribution in [0.3, 0.4) is 0 Å². The van der Waals surface area contributed by atoms with Crippen LogP contribution in [-0.4, -0.2) is 39.8 Å². The van der Waals surface area contributed by atoms with Crippen molar-refractivity contribution in [1.82, 2.24) is 14.8 Å². The Bertz CT molecular complexity index is 1150. The zero-order valence-corrected chi connectivity index (χ0v) is 17.5. The van der Waals surface area contributed by atoms with Crippen molar-refractivity contribution in [2.24, 2.45) is 0 Å². The monoisotopic (exact) mass is 451 g/mol. The Morgan fingerprint density at radius 2 is 1.83 bits per heavy atom. The van der Waals surface area contributed by atoms with Crippen molar-refractivity contribution < 1.29 is 19.2 Å². The summed E-state index contributed by atoms with van der Waals surface area (Å²) in [5, 5.41) is 18.9. The smallest absolute Gasteiger partial charge is 0.286 e. The summed E-state index contributed by atoms with van der Waals surface area (Å²) in [6.07, 6.45) is 1.38. The van der Waals surface area contributed by atoms with Crippen molar-refractivity contribution in [3.05, 3.63) is 61.9 Å². The first-order valence-corrected chi connectivity index (χ1v) is 9.10. The van der Waals surface area contributed by atoms with E-state index in [0.29, 0.717) is 10.7 Å². The second-order valence-electron chi connectivity index (χ2n) is 5.98. The SMILES string of the molecule is COc1cc(C(=O)Nc2cc(C)nn2-c2ncc(Cl)cc2Cl)c([N+](=O)[O-])cc1OC. The third kappa shape index (κ3) is 4.14. The Morgan fingerprint density at radius 3 is 2.43 bits per heavy atom. The molecule has 1 N–H and O–H groups in total. The number of nitro benzene ring substituents is 1. The van der Waals surface area contributed by atoms with Gasteiger partial charge in [-0.1, -0.05) is 23.2 Å². The van der Waals surface area contributed by atoms with E-state index in [0.717, 1.165) is 6.07 Å². The van der Waals surface area contributed by atoms with E-state index in [1.807, 2.05) is 0 Å². The third-order valence-corrected chi connectivity index (χ3v) is 4.49. The van der Waals surface area contributed by atoms with E-state index in [1.54, 1.807) is 13.0 Å². The second kappa shape index (κ2) is 8.56. The second-order valence-corrected chi connectivity index (χ2v) is 6.82. The molecule has 30 heavy (non-hydrogen) atoms. The molecule has 0 aliphatic rings. The fourth-order valence-electron chi connectivity index (χ4n) is 2.70. The number of rotatable bonds is 6. The molecule has 0 saturated carbocycles. The minimum absolute atomic E-state index is 0.124. The van der Waals surface area contributed by atoms with Crippen molar-refractivity contribution in [1.29, 1.82) is 0 Å². The van der Waals surface area contributed by atoms with Gasteiger partial charge in [0.25, 0.3) is 11.6 Å². The number of anilines is 1. The van der Waals surface area contributed by atoms with E-state index in [9.17, 15) is 14.9 Å². The molecule has 0 unspecified atom stereocenters. The number of ether oxygens (including phenoxy) is 2. The van der Waals surface area contributed by atoms with Crippen molar-refractivity contribution in [2.45, 2.75) is 6.92 Å². The lowest BCUT2D eigenvalue weighted by atomic mass is 10.1. The van der Waals surface area contributed by atoms with Gasteiger partial charge in [-0.05, 0) is 13.0 Å². The summed E-state index contributed by atoms with van der Waals surface area (Å²) in [5.74, 6) is -0.0300. The number of carbonyl (C=O) groups is 1. The summed E-state index contributed by atoms with van der Waals surface area (Å²) in [6.45, 7) is 1.70. The number of aromatic nitrogens is 3. The van der Waals surface area contributed by atoms with E-state index in [2.05, 4.69) is 15.4 Å². The number of benzene rings is 1. The zero-order valence-electron chi connectivity index (χ0n) is 16.0. The zero-order chi connectivity index (χ0) is 22.0. The molecule has 10 nitrogen and oxygen atoms in total. The normalized spacial score (nSPS) is 10.6. The molecule has 3 rings (SSSR count). The number of methoxy groups -OCH3 is 2. The lowest BCUT2D eigenvalue weighted by molar-refractivity contribution is -0.385. The summed E-state index contributed by atoms with van der Waals surface area (Å²) in [7, 11) is 2.70. The minimum atomic E-state index is -0.756. The van der Waals surface area contributed by atoms with Crippen LogP contribution in [0.2, 0.25) is 10.0 Å². The number of pyridine rings is 1. The molecular formula is C18H15Cl2N5O5. The molecule has 0 aliphatic carbocycles. The summed E-state index contributed by atoms with van der Waals surface area (Å²) in [6, 6.07) is 5.39. The van der Waals surface area contributed by atoms with Gasteiger partial charge in [-0.15, -0.1) is 0 Å². The van der Waals surface area contributed by atoms with Crippen LogP contribution in [0.5, 0.6) is 11.5 Å². The van der Waals surface area contributed by atoms with Gasteiger partial charge in [0.1, 0.15) is 11.4 Å². The molecule has 0 aliphatic heterocycles. The Hall–Kier alpha value is -3.37. The fourth-order valence-corrected chi connectivity index (χ4v) is 3.16. The van der Waals surface area contributed by atoms with Crippen LogP contribution in [0, 0.1) is 17.0 Å². The molecule has 3 aromatic rings. The van der Waals surface area contributed by atoms with Crippen molar-refractivity contribution in [3.63, 3.8) is 0 Å². The molecule has 1 aromatic carbocycles. The maximum Gasteiger partial charge on any atom is 0.286 e. The summed E-state index contributed by atoms with van der Waals surface area (Å²) in [5.41, 5.74) is -0.117. The highest BCUT2D eigenvalue weighted by atomic mass is 35.5. The summed E-state index contributed by atoms with van der Waals surface area (Å²) in [4.78, 5) is 27.9. The largest absolute Gasteiger partial charge is 0.493 e. The van der Waals surface area contributed by atoms with Crippen molar-refractivity contribution in [2.75, 3.05) is 19.5 Å². The lowest BCUT2D eigenvalue weighted by Crippen LogP contribution is -2.17. The van der Waals surface area contributed by atoms with Gasteiger partial charge in [0.2, 0.25) is 0 Å². The number of aryl methyl sites for hydroxylation is 1. The number of carbonyl (C=O) groups excluding carboxylic acids is 1. The number of hydrogen-bond acceptors (Lipinski definition) is 7. The van der Waals surface area contributed by atoms with Gasteiger partial charge in [0, 0.05) is 18.3 Å². The molecule has 0 saturated heterocycles. The number of nitrogens with zero attached hydrogens (tertiary/aromatic N) is 4. The quantitative estimate of drug-likeness (QED) is 0.442. The molecule has 1 amide bonds. The number of nitrogens with one attached hydrogen (secondary N) is 1. The van der Waals surface area contributed by atoms with Gasteiger partial charge >= 0.3 is 0 Å². The van der Waals surface area contributed by atoms with E-state index in [4.69, 9.17) is 32.7 Å². The molecule has 0 spiro atoms. The number of amides is 1. The number of nitro groups is 1. The molecular weight excluding hydrogens is 437 g/mol. The van der Waals surface area contributed by atoms with Crippen molar-refractivity contribution in [3.8, 4) is 17.3 Å². The van der Waals surface area contributed by atoms with Gasteiger partial charge < -0.3 is 14.8 Å². The van der Waals surface area contributed by atoms with E-state index in [1.165, 1.54) is 37.2 Å². The van der Waals surface area contributed by atoms with Crippen LogP contribution in [0.4, 0.5) is 11.5 Å². The Balaban J connectivity index is 2.04. The van der Waals surface area contributed by atoms with Crippen LogP contribution in [0.15, 0.2) is 30.5 Å². The van der Waals surface area contributed by atoms with Gasteiger partial charge in [-0.25, -0.2) is 4.98 Å². The first-order chi connectivity index (χ1) is 14.2. The topological polar surface area (TPSA) is 121 Å². The van der Waals surface area contributed by atoms with Gasteiger partial charge in [0.05, 0.1) is 40.9 Å². The predicted octanol–water partition coefficient (Wildman–Crippen LogP) is 4.06. The van der Waals surface area contributed by atoms with E-state index < -0.39 is 16.5 Å². The third-order valence-electron chi connectivity index (χ3n) is 4.01. The Kier molecular flexibility index (Phi) is 6.09. The van der Waals surface area contributed by atoms with Crippen LogP contribution < -0.4 is 14.8 Å². The lowest BCUT2D eigenvalue weighted by Gasteiger charge is -2.12. The minimum Gasteiger partial charge on any atom is -0.493 e. The first kappa shape index (κ1) is 21.3. The summed E-state index contributed by atoms with van der Waals surface area (Å²) < 4.78 is 11.5. The van der Waals surface area contributed by atoms with E-state index in [-0.39, 0.29) is 33.7 Å². The summed E-state index contributed by atoms with van der Waals surface area (Å²) >= 11 is 12.1. The maximum atomic E-state index is 12.9. The highest BCUT2D eigenvalue weighted by Crippen LogP contribution is 2.35. The average molecular weight is 452 g/mol. The predicted molar refractivity (Wildman–Crippen MR) is 110 cm³/mol. The molecule has 0 fully saturated rings.